The van der Waals surface area contributed by atoms with Gasteiger partial charge in [-0.25, -0.2) is 4.39 Å². The molecule has 1 saturated heterocycles. The molecule has 0 radical (unpaired) electrons. The molecule has 0 aromatic heterocycles. The number of hydrogen-bond acceptors (Lipinski definition) is 2. The number of rotatable bonds is 2. The minimum absolute atomic E-state index is 0.183. The first kappa shape index (κ1) is 12.9. The van der Waals surface area contributed by atoms with Crippen molar-refractivity contribution in [3.63, 3.8) is 0 Å². The van der Waals surface area contributed by atoms with E-state index in [0.717, 1.165) is 13.1 Å². The van der Waals surface area contributed by atoms with Crippen molar-refractivity contribution in [2.45, 2.75) is 68.9 Å². The van der Waals surface area contributed by atoms with Crippen LogP contribution in [0.15, 0.2) is 0 Å². The Kier molecular flexibility index (Phi) is 3.63. The number of halogens is 1. The van der Waals surface area contributed by atoms with Gasteiger partial charge in [-0.1, -0.05) is 32.1 Å². The van der Waals surface area contributed by atoms with E-state index in [2.05, 4.69) is 10.2 Å². The van der Waals surface area contributed by atoms with Gasteiger partial charge in [-0.05, 0) is 25.7 Å². The molecular formula is C15H27FN2. The van der Waals surface area contributed by atoms with Crippen molar-refractivity contribution in [2.75, 3.05) is 26.3 Å². The molecule has 0 amide bonds. The summed E-state index contributed by atoms with van der Waals surface area (Å²) in [6.45, 7) is 2.67. The summed E-state index contributed by atoms with van der Waals surface area (Å²) in [6, 6.07) is 0. The lowest BCUT2D eigenvalue weighted by atomic mass is 9.76. The second-order valence-corrected chi connectivity index (χ2v) is 6.74. The van der Waals surface area contributed by atoms with Gasteiger partial charge < -0.3 is 5.32 Å². The number of piperazine rings is 1. The highest BCUT2D eigenvalue weighted by atomic mass is 19.1. The molecule has 0 aromatic carbocycles. The maximum absolute atomic E-state index is 12.9. The number of nitrogens with zero attached hydrogens (tertiary/aromatic N) is 1. The van der Waals surface area contributed by atoms with Crippen molar-refractivity contribution in [2.24, 2.45) is 0 Å². The maximum atomic E-state index is 12.9. The second-order valence-electron chi connectivity index (χ2n) is 6.74. The summed E-state index contributed by atoms with van der Waals surface area (Å²) in [6.07, 6.45) is 11.9. The summed E-state index contributed by atoms with van der Waals surface area (Å²) in [5.74, 6) is 0. The molecule has 3 fully saturated rings. The van der Waals surface area contributed by atoms with E-state index < -0.39 is 0 Å². The Labute approximate surface area is 110 Å². The van der Waals surface area contributed by atoms with E-state index in [-0.39, 0.29) is 6.67 Å². The molecule has 2 spiro atoms. The Morgan fingerprint density at radius 3 is 2.28 bits per heavy atom. The molecule has 3 rings (SSSR count). The van der Waals surface area contributed by atoms with Crippen LogP contribution in [0, 0.1) is 0 Å². The summed E-state index contributed by atoms with van der Waals surface area (Å²) in [5.41, 5.74) is 0.621. The Hall–Kier alpha value is -0.150. The van der Waals surface area contributed by atoms with Gasteiger partial charge >= 0.3 is 0 Å². The van der Waals surface area contributed by atoms with Gasteiger partial charge in [0.1, 0.15) is 6.67 Å². The summed E-state index contributed by atoms with van der Waals surface area (Å²) >= 11 is 0. The highest BCUT2D eigenvalue weighted by molar-refractivity contribution is 5.07. The van der Waals surface area contributed by atoms with Crippen molar-refractivity contribution in [3.8, 4) is 0 Å². The highest BCUT2D eigenvalue weighted by Crippen LogP contribution is 2.41. The van der Waals surface area contributed by atoms with Crippen molar-refractivity contribution in [1.29, 1.82) is 0 Å². The predicted molar refractivity (Wildman–Crippen MR) is 72.6 cm³/mol. The SMILES string of the molecule is FCCN1CC2(CCCCC2)NCC12CCCC2. The van der Waals surface area contributed by atoms with Gasteiger partial charge in [-0.15, -0.1) is 0 Å². The van der Waals surface area contributed by atoms with Crippen LogP contribution in [0.25, 0.3) is 0 Å². The Bertz CT molecular complexity index is 280. The molecule has 18 heavy (non-hydrogen) atoms. The van der Waals surface area contributed by atoms with E-state index in [9.17, 15) is 4.39 Å². The van der Waals surface area contributed by atoms with Gasteiger partial charge in [0.05, 0.1) is 0 Å². The molecule has 2 nitrogen and oxygen atoms in total. The second kappa shape index (κ2) is 5.09. The van der Waals surface area contributed by atoms with Crippen molar-refractivity contribution < 1.29 is 4.39 Å². The molecule has 2 aliphatic carbocycles. The fraction of sp³-hybridized carbons (Fsp3) is 1.00. The number of alkyl halides is 1. The van der Waals surface area contributed by atoms with Crippen LogP contribution in [0.5, 0.6) is 0 Å². The van der Waals surface area contributed by atoms with Crippen LogP contribution in [0.3, 0.4) is 0 Å². The Balaban J connectivity index is 1.74. The van der Waals surface area contributed by atoms with E-state index >= 15 is 0 Å². The van der Waals surface area contributed by atoms with Crippen molar-refractivity contribution >= 4 is 0 Å². The maximum Gasteiger partial charge on any atom is 0.102 e. The molecule has 0 aromatic rings. The number of hydrogen-bond donors (Lipinski definition) is 1. The van der Waals surface area contributed by atoms with Crippen LogP contribution in [0.2, 0.25) is 0 Å². The van der Waals surface area contributed by atoms with Crippen molar-refractivity contribution in [1.82, 2.24) is 10.2 Å². The largest absolute Gasteiger partial charge is 0.308 e. The minimum atomic E-state index is -0.183. The number of nitrogens with one attached hydrogen (secondary N) is 1. The molecule has 0 bridgehead atoms. The monoisotopic (exact) mass is 254 g/mol. The normalized spacial score (nSPS) is 31.2. The predicted octanol–water partition coefficient (Wildman–Crippen LogP) is 2.88. The van der Waals surface area contributed by atoms with Crippen LogP contribution in [0.1, 0.15) is 57.8 Å². The summed E-state index contributed by atoms with van der Waals surface area (Å²) < 4.78 is 12.9. The van der Waals surface area contributed by atoms with Crippen molar-refractivity contribution in [3.05, 3.63) is 0 Å². The van der Waals surface area contributed by atoms with E-state index in [0.29, 0.717) is 17.6 Å². The molecule has 0 unspecified atom stereocenters. The average Bonchev–Trinajstić information content (AvgIpc) is 2.86. The summed E-state index contributed by atoms with van der Waals surface area (Å²) in [7, 11) is 0. The minimum Gasteiger partial charge on any atom is -0.308 e. The third-order valence-corrected chi connectivity index (χ3v) is 5.66. The zero-order chi connectivity index (χ0) is 12.5. The average molecular weight is 254 g/mol. The summed E-state index contributed by atoms with van der Waals surface area (Å²) in [4.78, 5) is 2.52. The van der Waals surface area contributed by atoms with E-state index in [1.165, 1.54) is 57.8 Å². The topological polar surface area (TPSA) is 15.3 Å². The van der Waals surface area contributed by atoms with Crippen LogP contribution in [0.4, 0.5) is 4.39 Å². The van der Waals surface area contributed by atoms with E-state index in [4.69, 9.17) is 0 Å². The molecule has 1 heterocycles. The van der Waals surface area contributed by atoms with Gasteiger partial charge in [0.2, 0.25) is 0 Å². The van der Waals surface area contributed by atoms with E-state index in [1.54, 1.807) is 0 Å². The van der Waals surface area contributed by atoms with Gasteiger partial charge in [0.15, 0.2) is 0 Å². The first-order chi connectivity index (χ1) is 8.79. The highest BCUT2D eigenvalue weighted by Gasteiger charge is 2.48. The Morgan fingerprint density at radius 1 is 0.944 bits per heavy atom. The van der Waals surface area contributed by atoms with Crippen LogP contribution in [-0.4, -0.2) is 42.3 Å². The third kappa shape index (κ3) is 2.20. The third-order valence-electron chi connectivity index (χ3n) is 5.66. The van der Waals surface area contributed by atoms with Crippen LogP contribution < -0.4 is 5.32 Å². The van der Waals surface area contributed by atoms with Gasteiger partial charge in [-0.2, -0.15) is 0 Å². The lowest BCUT2D eigenvalue weighted by molar-refractivity contribution is -0.00894. The Morgan fingerprint density at radius 2 is 1.61 bits per heavy atom. The molecule has 1 N–H and O–H groups in total. The summed E-state index contributed by atoms with van der Waals surface area (Å²) in [5, 5.41) is 3.89. The fourth-order valence-electron chi connectivity index (χ4n) is 4.56. The fourth-order valence-corrected chi connectivity index (χ4v) is 4.56. The van der Waals surface area contributed by atoms with Gasteiger partial charge in [0.25, 0.3) is 0 Å². The zero-order valence-electron chi connectivity index (χ0n) is 11.5. The first-order valence-corrected chi connectivity index (χ1v) is 7.85. The van der Waals surface area contributed by atoms with Gasteiger partial charge in [-0.3, -0.25) is 4.90 Å². The van der Waals surface area contributed by atoms with Crippen LogP contribution >= 0.6 is 0 Å². The molecule has 2 saturated carbocycles. The quantitative estimate of drug-likeness (QED) is 0.815. The molecule has 3 aliphatic rings. The van der Waals surface area contributed by atoms with E-state index in [1.807, 2.05) is 0 Å². The molecule has 1 aliphatic heterocycles. The van der Waals surface area contributed by atoms with Crippen LogP contribution in [-0.2, 0) is 0 Å². The lowest BCUT2D eigenvalue weighted by Crippen LogP contribution is -2.69. The zero-order valence-corrected chi connectivity index (χ0v) is 11.5. The smallest absolute Gasteiger partial charge is 0.102 e. The standard InChI is InChI=1S/C15H27FN2/c16-10-11-18-13-14(6-2-1-3-7-14)17-12-15(18)8-4-5-9-15/h17H,1-13H2. The molecule has 104 valence electrons. The molecular weight excluding hydrogens is 227 g/mol. The molecule has 0 atom stereocenters. The lowest BCUT2D eigenvalue weighted by Gasteiger charge is -2.54. The first-order valence-electron chi connectivity index (χ1n) is 7.85. The molecule has 3 heteroatoms. The van der Waals surface area contributed by atoms with Gasteiger partial charge in [0, 0.05) is 30.7 Å².